The third-order valence-electron chi connectivity index (χ3n) is 2.43. The fourth-order valence-electron chi connectivity index (χ4n) is 1.30. The van der Waals surface area contributed by atoms with Gasteiger partial charge in [0.2, 0.25) is 0 Å². The van der Waals surface area contributed by atoms with Crippen molar-refractivity contribution < 1.29 is 19.1 Å². The average Bonchev–Trinajstić information content (AvgIpc) is 2.28. The molecule has 0 saturated heterocycles. The number of hydrogen-bond acceptors (Lipinski definition) is 3. The molecule has 2 N–H and O–H groups in total. The van der Waals surface area contributed by atoms with Crippen LogP contribution >= 0.6 is 0 Å². The zero-order valence-electron chi connectivity index (χ0n) is 10.4. The first-order chi connectivity index (χ1) is 8.32. The van der Waals surface area contributed by atoms with Crippen molar-refractivity contribution >= 4 is 17.6 Å². The molecule has 0 spiro atoms. The lowest BCUT2D eigenvalue weighted by molar-refractivity contribution is -0.138. The largest absolute Gasteiger partial charge is 0.480 e. The van der Waals surface area contributed by atoms with E-state index in [0.717, 1.165) is 0 Å². The number of amides is 1. The molecule has 0 aliphatic carbocycles. The summed E-state index contributed by atoms with van der Waals surface area (Å²) >= 11 is 0. The Kier molecular flexibility index (Phi) is 4.25. The average molecular weight is 254 g/mol. The fraction of sp³-hybridized carbons (Fsp3) is 0.333. The Hall–Kier alpha value is -2.11. The maximum absolute atomic E-state index is 13.7. The van der Waals surface area contributed by atoms with Crippen LogP contribution in [0.4, 0.5) is 10.1 Å². The highest BCUT2D eigenvalue weighted by Gasteiger charge is 2.18. The van der Waals surface area contributed by atoms with Crippen LogP contribution in [-0.4, -0.2) is 37.1 Å². The molecule has 0 heterocycles. The van der Waals surface area contributed by atoms with Gasteiger partial charge in [0.15, 0.2) is 0 Å². The van der Waals surface area contributed by atoms with Gasteiger partial charge in [-0.2, -0.15) is 0 Å². The molecule has 0 radical (unpaired) electrons. The molecule has 0 fully saturated rings. The predicted octanol–water partition coefficient (Wildman–Crippen LogP) is 1.09. The molecule has 5 nitrogen and oxygen atoms in total. The second kappa shape index (κ2) is 5.48. The molecule has 0 aliphatic heterocycles. The molecule has 0 aromatic heterocycles. The smallest absolute Gasteiger partial charge is 0.325 e. The molecule has 0 unspecified atom stereocenters. The molecule has 0 aliphatic rings. The first-order valence-corrected chi connectivity index (χ1v) is 5.33. The van der Waals surface area contributed by atoms with Gasteiger partial charge in [0.25, 0.3) is 5.91 Å². The highest BCUT2D eigenvalue weighted by molar-refractivity contribution is 5.97. The Morgan fingerprint density at radius 1 is 1.39 bits per heavy atom. The Bertz CT molecular complexity index is 474. The lowest BCUT2D eigenvalue weighted by atomic mass is 10.1. The number of hydrogen-bond donors (Lipinski definition) is 2. The first-order valence-electron chi connectivity index (χ1n) is 5.33. The summed E-state index contributed by atoms with van der Waals surface area (Å²) in [5.41, 5.74) is 0.448. The number of carboxylic acids is 1. The molecule has 98 valence electrons. The van der Waals surface area contributed by atoms with Crippen LogP contribution in [0.2, 0.25) is 0 Å². The number of anilines is 1. The minimum Gasteiger partial charge on any atom is -0.480 e. The maximum atomic E-state index is 13.7. The second-order valence-electron chi connectivity index (χ2n) is 4.09. The zero-order chi connectivity index (χ0) is 13.9. The number of nitrogens with one attached hydrogen (secondary N) is 1. The van der Waals surface area contributed by atoms with Gasteiger partial charge in [0, 0.05) is 19.8 Å². The van der Waals surface area contributed by atoms with Crippen LogP contribution in [0.3, 0.4) is 0 Å². The van der Waals surface area contributed by atoms with Crippen molar-refractivity contribution in [1.82, 2.24) is 5.32 Å². The van der Waals surface area contributed by atoms with Crippen LogP contribution in [-0.2, 0) is 4.79 Å². The van der Waals surface area contributed by atoms with Gasteiger partial charge in [-0.15, -0.1) is 0 Å². The Morgan fingerprint density at radius 3 is 2.44 bits per heavy atom. The van der Waals surface area contributed by atoms with Crippen LogP contribution in [0.25, 0.3) is 0 Å². The Balaban J connectivity index is 2.90. The number of carbonyl (C=O) groups excluding carboxylic acids is 1. The molecule has 0 saturated carbocycles. The second-order valence-corrected chi connectivity index (χ2v) is 4.09. The number of halogens is 1. The van der Waals surface area contributed by atoms with E-state index in [4.69, 9.17) is 5.11 Å². The number of benzene rings is 1. The zero-order valence-corrected chi connectivity index (χ0v) is 10.4. The number of carboxylic acid groups (broad SMARTS) is 1. The summed E-state index contributed by atoms with van der Waals surface area (Å²) in [5.74, 6) is -2.60. The number of nitrogens with zero attached hydrogens (tertiary/aromatic N) is 1. The van der Waals surface area contributed by atoms with E-state index in [1.165, 1.54) is 19.1 Å². The summed E-state index contributed by atoms with van der Waals surface area (Å²) < 4.78 is 13.7. The number of aliphatic carboxylic acids is 1. The summed E-state index contributed by atoms with van der Waals surface area (Å²) in [6.45, 7) is 1.31. The lowest BCUT2D eigenvalue weighted by Gasteiger charge is -2.14. The van der Waals surface area contributed by atoms with Crippen LogP contribution in [0, 0.1) is 5.82 Å². The highest BCUT2D eigenvalue weighted by Crippen LogP contribution is 2.16. The van der Waals surface area contributed by atoms with Gasteiger partial charge in [-0.1, -0.05) is 0 Å². The van der Waals surface area contributed by atoms with Gasteiger partial charge in [-0.05, 0) is 25.1 Å². The highest BCUT2D eigenvalue weighted by atomic mass is 19.1. The van der Waals surface area contributed by atoms with Gasteiger partial charge in [0.05, 0.1) is 5.56 Å². The number of rotatable bonds is 4. The van der Waals surface area contributed by atoms with Crippen molar-refractivity contribution in [3.05, 3.63) is 29.6 Å². The van der Waals surface area contributed by atoms with E-state index in [0.29, 0.717) is 5.69 Å². The van der Waals surface area contributed by atoms with Gasteiger partial charge in [0.1, 0.15) is 11.9 Å². The van der Waals surface area contributed by atoms with Crippen LogP contribution < -0.4 is 10.2 Å². The van der Waals surface area contributed by atoms with E-state index >= 15 is 0 Å². The van der Waals surface area contributed by atoms with Crippen molar-refractivity contribution in [2.45, 2.75) is 13.0 Å². The monoisotopic (exact) mass is 254 g/mol. The molecular weight excluding hydrogens is 239 g/mol. The SMILES string of the molecule is C[C@@H](NC(=O)c1ccc(N(C)C)cc1F)C(=O)O. The Labute approximate surface area is 104 Å². The number of carbonyl (C=O) groups is 2. The van der Waals surface area contributed by atoms with E-state index in [2.05, 4.69) is 5.32 Å². The molecule has 1 amide bonds. The van der Waals surface area contributed by atoms with Crippen molar-refractivity contribution in [3.8, 4) is 0 Å². The van der Waals surface area contributed by atoms with Gasteiger partial charge >= 0.3 is 5.97 Å². The van der Waals surface area contributed by atoms with Crippen molar-refractivity contribution in [1.29, 1.82) is 0 Å². The van der Waals surface area contributed by atoms with Crippen LogP contribution in [0.15, 0.2) is 18.2 Å². The van der Waals surface area contributed by atoms with Crippen molar-refractivity contribution in [2.75, 3.05) is 19.0 Å². The molecule has 18 heavy (non-hydrogen) atoms. The third kappa shape index (κ3) is 3.19. The van der Waals surface area contributed by atoms with E-state index in [-0.39, 0.29) is 5.56 Å². The Morgan fingerprint density at radius 2 is 2.00 bits per heavy atom. The normalized spacial score (nSPS) is 11.8. The van der Waals surface area contributed by atoms with E-state index in [1.807, 2.05) is 0 Å². The molecule has 1 aromatic carbocycles. The topological polar surface area (TPSA) is 69.6 Å². The lowest BCUT2D eigenvalue weighted by Crippen LogP contribution is -2.38. The van der Waals surface area contributed by atoms with E-state index in [9.17, 15) is 14.0 Å². The minimum absolute atomic E-state index is 0.173. The maximum Gasteiger partial charge on any atom is 0.325 e. The predicted molar refractivity (Wildman–Crippen MR) is 65.3 cm³/mol. The summed E-state index contributed by atoms with van der Waals surface area (Å²) in [6, 6.07) is 3.07. The van der Waals surface area contributed by atoms with E-state index in [1.54, 1.807) is 25.1 Å². The summed E-state index contributed by atoms with van der Waals surface area (Å²) in [4.78, 5) is 23.9. The summed E-state index contributed by atoms with van der Waals surface area (Å²) in [6.07, 6.45) is 0. The molecule has 1 atom stereocenters. The summed E-state index contributed by atoms with van der Waals surface area (Å²) in [5, 5.41) is 10.8. The quantitative estimate of drug-likeness (QED) is 0.844. The molecule has 1 aromatic rings. The molecule has 6 heteroatoms. The first kappa shape index (κ1) is 14.0. The van der Waals surface area contributed by atoms with E-state index < -0.39 is 23.7 Å². The minimum atomic E-state index is -1.17. The molecule has 0 bridgehead atoms. The van der Waals surface area contributed by atoms with Gasteiger partial charge in [-0.25, -0.2) is 4.39 Å². The van der Waals surface area contributed by atoms with Gasteiger partial charge < -0.3 is 15.3 Å². The van der Waals surface area contributed by atoms with Crippen LogP contribution in [0.1, 0.15) is 17.3 Å². The summed E-state index contributed by atoms with van der Waals surface area (Å²) in [7, 11) is 3.50. The molecule has 1 rings (SSSR count). The standard InChI is InChI=1S/C12H15FN2O3/c1-7(12(17)18)14-11(16)9-5-4-8(15(2)3)6-10(9)13/h4-7H,1-3H3,(H,14,16)(H,17,18)/t7-/m1/s1. The van der Waals surface area contributed by atoms with Gasteiger partial charge in [-0.3, -0.25) is 9.59 Å². The van der Waals surface area contributed by atoms with Crippen molar-refractivity contribution in [2.24, 2.45) is 0 Å². The van der Waals surface area contributed by atoms with Crippen molar-refractivity contribution in [3.63, 3.8) is 0 Å². The molecular formula is C12H15FN2O3. The van der Waals surface area contributed by atoms with Crippen LogP contribution in [0.5, 0.6) is 0 Å². The fourth-order valence-corrected chi connectivity index (χ4v) is 1.30. The third-order valence-corrected chi connectivity index (χ3v) is 2.43.